The van der Waals surface area contributed by atoms with E-state index in [0.717, 1.165) is 30.5 Å². The Morgan fingerprint density at radius 2 is 1.71 bits per heavy atom. The summed E-state index contributed by atoms with van der Waals surface area (Å²) in [4.78, 5) is 33.3. The number of rotatable bonds is 1. The molecule has 0 aliphatic carbocycles. The molecule has 0 saturated carbocycles. The van der Waals surface area contributed by atoms with E-state index in [9.17, 15) is 9.59 Å². The van der Waals surface area contributed by atoms with Gasteiger partial charge in [0, 0.05) is 30.7 Å². The number of carbonyl (C=O) groups excluding carboxylic acids is 2. The topological polar surface area (TPSA) is 43.9 Å². The molecule has 0 aromatic heterocycles. The smallest absolute Gasteiger partial charge is 0.255 e. The fourth-order valence-corrected chi connectivity index (χ4v) is 7.08. The molecule has 4 fully saturated rings. The maximum absolute atomic E-state index is 13.6. The van der Waals surface area contributed by atoms with E-state index < -0.39 is 0 Å². The van der Waals surface area contributed by atoms with Crippen LogP contribution in [0.2, 0.25) is 0 Å². The number of hydrogen-bond donors (Lipinski definition) is 0. The summed E-state index contributed by atoms with van der Waals surface area (Å²) >= 11 is 0. The van der Waals surface area contributed by atoms with Crippen LogP contribution in [0.25, 0.3) is 0 Å². The van der Waals surface area contributed by atoms with E-state index in [1.165, 1.54) is 38.8 Å². The third-order valence-electron chi connectivity index (χ3n) is 8.20. The maximum Gasteiger partial charge on any atom is 0.255 e. The predicted octanol–water partition coefficient (Wildman–Crippen LogP) is 2.51. The number of piperidine rings is 4. The molecule has 1 aromatic rings. The molecule has 5 aliphatic rings. The molecule has 0 bridgehead atoms. The molecule has 6 rings (SSSR count). The number of nitrogens with zero attached hydrogens (tertiary/aromatic N) is 3. The Hall–Kier alpha value is -1.88. The lowest BCUT2D eigenvalue weighted by molar-refractivity contribution is -0.157. The Morgan fingerprint density at radius 3 is 2.57 bits per heavy atom. The van der Waals surface area contributed by atoms with Crippen molar-refractivity contribution in [2.24, 2.45) is 11.8 Å². The van der Waals surface area contributed by atoms with Crippen molar-refractivity contribution in [3.05, 3.63) is 35.4 Å². The van der Waals surface area contributed by atoms with Crippen LogP contribution in [0.4, 0.5) is 0 Å². The Labute approximate surface area is 166 Å². The molecule has 5 nitrogen and oxygen atoms in total. The fraction of sp³-hybridized carbons (Fsp3) is 0.652. The van der Waals surface area contributed by atoms with Gasteiger partial charge in [0.05, 0.1) is 0 Å². The molecule has 2 amide bonds. The molecule has 5 heteroatoms. The quantitative estimate of drug-likeness (QED) is 0.753. The number of amides is 2. The van der Waals surface area contributed by atoms with Crippen molar-refractivity contribution < 1.29 is 9.59 Å². The van der Waals surface area contributed by atoms with E-state index in [1.54, 1.807) is 0 Å². The minimum Gasteiger partial charge on any atom is -0.337 e. The fourth-order valence-electron chi connectivity index (χ4n) is 7.08. The number of benzene rings is 1. The highest BCUT2D eigenvalue weighted by atomic mass is 16.2. The van der Waals surface area contributed by atoms with E-state index in [-0.39, 0.29) is 17.9 Å². The first-order chi connectivity index (χ1) is 13.7. The van der Waals surface area contributed by atoms with E-state index in [4.69, 9.17) is 0 Å². The van der Waals surface area contributed by atoms with Crippen LogP contribution in [-0.2, 0) is 11.3 Å². The van der Waals surface area contributed by atoms with Crippen LogP contribution in [-0.4, -0.2) is 64.3 Å². The van der Waals surface area contributed by atoms with Crippen LogP contribution in [0.15, 0.2) is 24.3 Å². The summed E-state index contributed by atoms with van der Waals surface area (Å²) in [6.07, 6.45) is 6.95. The van der Waals surface area contributed by atoms with Gasteiger partial charge in [0.15, 0.2) is 0 Å². The molecular weight excluding hydrogens is 350 g/mol. The summed E-state index contributed by atoms with van der Waals surface area (Å²) in [6, 6.07) is 8.65. The van der Waals surface area contributed by atoms with Gasteiger partial charge in [-0.1, -0.05) is 18.2 Å². The lowest BCUT2D eigenvalue weighted by Gasteiger charge is -2.59. The van der Waals surface area contributed by atoms with Gasteiger partial charge >= 0.3 is 0 Å². The molecular formula is C23H29N3O2. The largest absolute Gasteiger partial charge is 0.337 e. The Bertz CT molecular complexity index is 822. The summed E-state index contributed by atoms with van der Waals surface area (Å²) in [5.41, 5.74) is 1.85. The molecule has 0 spiro atoms. The summed E-state index contributed by atoms with van der Waals surface area (Å²) in [7, 11) is 0. The summed E-state index contributed by atoms with van der Waals surface area (Å²) in [6.45, 7) is 4.00. The van der Waals surface area contributed by atoms with Crippen LogP contribution in [0.3, 0.4) is 0 Å². The Balaban J connectivity index is 1.27. The first kappa shape index (κ1) is 17.0. The number of carbonyl (C=O) groups is 2. The van der Waals surface area contributed by atoms with Crippen LogP contribution < -0.4 is 0 Å². The number of hydrogen-bond acceptors (Lipinski definition) is 3. The summed E-state index contributed by atoms with van der Waals surface area (Å²) in [5, 5.41) is 0. The highest BCUT2D eigenvalue weighted by Crippen LogP contribution is 2.45. The van der Waals surface area contributed by atoms with E-state index in [0.29, 0.717) is 30.5 Å². The standard InChI is InChI=1S/C23H29N3O2/c27-22-17-7-2-1-5-15(17)13-26(22)20-10-9-19-18-8-4-12-24-11-3-6-16(21(18)24)14-25(19)23(20)28/h1-2,5,7,16,18-21H,3-4,6,8-14H2/t16-,18+,19+,20?,21-/m0/s1. The van der Waals surface area contributed by atoms with Gasteiger partial charge in [0.2, 0.25) is 5.91 Å². The highest BCUT2D eigenvalue weighted by molar-refractivity contribution is 6.01. The normalized spacial score (nSPS) is 37.5. The van der Waals surface area contributed by atoms with Crippen LogP contribution in [0.1, 0.15) is 54.4 Å². The van der Waals surface area contributed by atoms with Gasteiger partial charge in [0.25, 0.3) is 5.91 Å². The lowest BCUT2D eigenvalue weighted by Crippen LogP contribution is -2.69. The van der Waals surface area contributed by atoms with Gasteiger partial charge in [0.1, 0.15) is 6.04 Å². The van der Waals surface area contributed by atoms with Gasteiger partial charge in [-0.05, 0) is 75.1 Å². The molecule has 1 aromatic carbocycles. The zero-order valence-electron chi connectivity index (χ0n) is 16.4. The Kier molecular flexibility index (Phi) is 3.84. The van der Waals surface area contributed by atoms with Crippen molar-refractivity contribution in [3.8, 4) is 0 Å². The third kappa shape index (κ3) is 2.35. The third-order valence-corrected chi connectivity index (χ3v) is 8.20. The van der Waals surface area contributed by atoms with Crippen molar-refractivity contribution in [2.45, 2.75) is 63.2 Å². The van der Waals surface area contributed by atoms with Gasteiger partial charge < -0.3 is 9.80 Å². The van der Waals surface area contributed by atoms with Crippen molar-refractivity contribution >= 4 is 11.8 Å². The van der Waals surface area contributed by atoms with Crippen molar-refractivity contribution in [3.63, 3.8) is 0 Å². The molecule has 0 N–H and O–H groups in total. The average molecular weight is 380 g/mol. The summed E-state index contributed by atoms with van der Waals surface area (Å²) in [5.74, 6) is 1.54. The van der Waals surface area contributed by atoms with Crippen LogP contribution in [0.5, 0.6) is 0 Å². The van der Waals surface area contributed by atoms with Crippen LogP contribution in [0, 0.1) is 11.8 Å². The second-order valence-corrected chi connectivity index (χ2v) is 9.48. The zero-order valence-corrected chi connectivity index (χ0v) is 16.4. The maximum atomic E-state index is 13.6. The zero-order chi connectivity index (χ0) is 18.8. The molecule has 0 radical (unpaired) electrons. The van der Waals surface area contributed by atoms with E-state index >= 15 is 0 Å². The SMILES string of the molecule is O=C1c2ccccc2CN1C1CC[C@@H]2[C@H]3CCCN4CCC[C@@H](CN2C1=O)[C@@H]34. The van der Waals surface area contributed by atoms with E-state index in [2.05, 4.69) is 9.80 Å². The monoisotopic (exact) mass is 379 g/mol. The second-order valence-electron chi connectivity index (χ2n) is 9.48. The molecule has 5 atom stereocenters. The lowest BCUT2D eigenvalue weighted by atomic mass is 9.67. The second kappa shape index (κ2) is 6.31. The number of fused-ring (bicyclic) bond motifs is 3. The van der Waals surface area contributed by atoms with Gasteiger partial charge in [-0.3, -0.25) is 14.5 Å². The minimum atomic E-state index is -0.268. The average Bonchev–Trinajstić information content (AvgIpc) is 3.06. The molecule has 1 unspecified atom stereocenters. The minimum absolute atomic E-state index is 0.0452. The Morgan fingerprint density at radius 1 is 0.893 bits per heavy atom. The van der Waals surface area contributed by atoms with Crippen molar-refractivity contribution in [1.29, 1.82) is 0 Å². The molecule has 148 valence electrons. The predicted molar refractivity (Wildman–Crippen MR) is 106 cm³/mol. The molecule has 5 aliphatic heterocycles. The van der Waals surface area contributed by atoms with Gasteiger partial charge in [-0.15, -0.1) is 0 Å². The van der Waals surface area contributed by atoms with Gasteiger partial charge in [-0.25, -0.2) is 0 Å². The van der Waals surface area contributed by atoms with Crippen LogP contribution >= 0.6 is 0 Å². The summed E-state index contributed by atoms with van der Waals surface area (Å²) < 4.78 is 0. The van der Waals surface area contributed by atoms with E-state index in [1.807, 2.05) is 29.2 Å². The first-order valence-electron chi connectivity index (χ1n) is 11.2. The van der Waals surface area contributed by atoms with Crippen molar-refractivity contribution in [2.75, 3.05) is 19.6 Å². The molecule has 4 saturated heterocycles. The molecule has 28 heavy (non-hydrogen) atoms. The van der Waals surface area contributed by atoms with Gasteiger partial charge in [-0.2, -0.15) is 0 Å². The highest BCUT2D eigenvalue weighted by Gasteiger charge is 2.53. The van der Waals surface area contributed by atoms with Crippen molar-refractivity contribution in [1.82, 2.24) is 14.7 Å². The molecule has 5 heterocycles. The first-order valence-corrected chi connectivity index (χ1v) is 11.2.